The maximum absolute atomic E-state index is 14.9. The van der Waals surface area contributed by atoms with E-state index in [0.717, 1.165) is 12.8 Å². The molecule has 1 aliphatic rings. The summed E-state index contributed by atoms with van der Waals surface area (Å²) in [4.78, 5) is 20.0. The maximum Gasteiger partial charge on any atom is 0.251 e. The Kier molecular flexibility index (Phi) is 5.30. The number of hydrogen-bond donors (Lipinski definition) is 3. The van der Waals surface area contributed by atoms with Gasteiger partial charge in [-0.25, -0.2) is 13.8 Å². The minimum atomic E-state index is -0.593. The van der Waals surface area contributed by atoms with Crippen molar-refractivity contribution in [2.45, 2.75) is 57.7 Å². The number of imidazole rings is 1. The van der Waals surface area contributed by atoms with Gasteiger partial charge in [0.15, 0.2) is 0 Å². The summed E-state index contributed by atoms with van der Waals surface area (Å²) >= 11 is 5.79. The molecule has 1 aliphatic heterocycles. The molecule has 0 radical (unpaired) electrons. The van der Waals surface area contributed by atoms with E-state index in [0.29, 0.717) is 11.0 Å². The molecule has 31 heavy (non-hydrogen) atoms. The van der Waals surface area contributed by atoms with Crippen LogP contribution in [-0.4, -0.2) is 33.0 Å². The van der Waals surface area contributed by atoms with Gasteiger partial charge < -0.3 is 15.6 Å². The predicted molar refractivity (Wildman–Crippen MR) is 118 cm³/mol. The fourth-order valence-corrected chi connectivity index (χ4v) is 4.83. The Bertz CT molecular complexity index is 1120. The molecule has 3 N–H and O–H groups in total. The number of aromatic nitrogens is 2. The van der Waals surface area contributed by atoms with E-state index < -0.39 is 11.6 Å². The number of aromatic amines is 1. The largest absolute Gasteiger partial charge is 0.349 e. The fraction of sp³-hybridized carbons (Fsp3) is 0.391. The van der Waals surface area contributed by atoms with Crippen LogP contribution in [0.2, 0.25) is 5.02 Å². The highest BCUT2D eigenvalue weighted by atomic mass is 35.5. The second-order valence-corrected chi connectivity index (χ2v) is 9.94. The Labute approximate surface area is 184 Å². The second-order valence-electron chi connectivity index (χ2n) is 9.53. The molecule has 2 aromatic carbocycles. The van der Waals surface area contributed by atoms with Crippen LogP contribution in [0.5, 0.6) is 0 Å². The summed E-state index contributed by atoms with van der Waals surface area (Å²) in [5.41, 5.74) is 1.04. The third-order valence-corrected chi connectivity index (χ3v) is 5.83. The van der Waals surface area contributed by atoms with Crippen molar-refractivity contribution in [3.05, 3.63) is 52.6 Å². The van der Waals surface area contributed by atoms with E-state index in [9.17, 15) is 13.6 Å². The Morgan fingerprint density at radius 1 is 1.10 bits per heavy atom. The zero-order chi connectivity index (χ0) is 22.6. The predicted octanol–water partition coefficient (Wildman–Crippen LogP) is 5.20. The molecular formula is C23H25ClF2N4O. The van der Waals surface area contributed by atoms with Crippen molar-refractivity contribution in [2.24, 2.45) is 0 Å². The molecule has 0 bridgehead atoms. The minimum absolute atomic E-state index is 0.0171. The topological polar surface area (TPSA) is 69.8 Å². The quantitative estimate of drug-likeness (QED) is 0.518. The molecule has 1 fully saturated rings. The highest BCUT2D eigenvalue weighted by Crippen LogP contribution is 2.30. The van der Waals surface area contributed by atoms with Gasteiger partial charge in [0.2, 0.25) is 0 Å². The number of benzene rings is 2. The van der Waals surface area contributed by atoms with E-state index in [1.807, 2.05) is 0 Å². The molecule has 3 aromatic rings. The van der Waals surface area contributed by atoms with Crippen molar-refractivity contribution in [3.63, 3.8) is 0 Å². The van der Waals surface area contributed by atoms with Crippen molar-refractivity contribution in [2.75, 3.05) is 0 Å². The van der Waals surface area contributed by atoms with Gasteiger partial charge in [-0.1, -0.05) is 11.6 Å². The number of halogens is 3. The molecule has 8 heteroatoms. The number of rotatable bonds is 3. The van der Waals surface area contributed by atoms with Crippen LogP contribution in [0.1, 0.15) is 50.9 Å². The maximum atomic E-state index is 14.9. The summed E-state index contributed by atoms with van der Waals surface area (Å²) in [5.74, 6) is -1.25. The zero-order valence-corrected chi connectivity index (χ0v) is 18.6. The lowest BCUT2D eigenvalue weighted by Crippen LogP contribution is -2.62. The molecule has 1 amide bonds. The summed E-state index contributed by atoms with van der Waals surface area (Å²) < 4.78 is 28.5. The van der Waals surface area contributed by atoms with Crippen molar-refractivity contribution >= 4 is 28.5 Å². The second kappa shape index (κ2) is 7.57. The first-order valence-corrected chi connectivity index (χ1v) is 10.6. The van der Waals surface area contributed by atoms with Gasteiger partial charge >= 0.3 is 0 Å². The van der Waals surface area contributed by atoms with Crippen LogP contribution in [0.3, 0.4) is 0 Å². The summed E-state index contributed by atoms with van der Waals surface area (Å²) in [6.45, 7) is 8.42. The number of amides is 1. The number of nitrogens with zero attached hydrogens (tertiary/aromatic N) is 1. The number of carbonyl (C=O) groups excluding carboxylic acids is 1. The van der Waals surface area contributed by atoms with Crippen LogP contribution in [-0.2, 0) is 0 Å². The van der Waals surface area contributed by atoms with Gasteiger partial charge in [0.25, 0.3) is 5.91 Å². The number of fused-ring (bicyclic) bond motifs is 1. The number of H-pyrrole nitrogens is 1. The van der Waals surface area contributed by atoms with E-state index >= 15 is 0 Å². The van der Waals surface area contributed by atoms with Gasteiger partial charge in [-0.2, -0.15) is 0 Å². The van der Waals surface area contributed by atoms with Crippen LogP contribution < -0.4 is 10.6 Å². The first-order chi connectivity index (χ1) is 14.4. The standard InChI is InChI=1S/C23H25ClF2N4O/c1-22(2)10-13(11-23(3,4)30-22)27-21(31)12-5-6-14(16(25)7-12)20-28-18-8-15(24)17(26)9-19(18)29-20/h5-9,13,30H,10-11H2,1-4H3,(H,27,31)(H,28,29). The molecule has 1 saturated heterocycles. The van der Waals surface area contributed by atoms with Crippen LogP contribution >= 0.6 is 11.6 Å². The summed E-state index contributed by atoms with van der Waals surface area (Å²) in [6, 6.07) is 6.84. The third kappa shape index (κ3) is 4.57. The van der Waals surface area contributed by atoms with Gasteiger partial charge in [0.1, 0.15) is 17.5 Å². The molecule has 0 saturated carbocycles. The Morgan fingerprint density at radius 3 is 2.42 bits per heavy atom. The molecule has 164 valence electrons. The Morgan fingerprint density at radius 2 is 1.77 bits per heavy atom. The summed E-state index contributed by atoms with van der Waals surface area (Å²) in [6.07, 6.45) is 1.56. The molecule has 0 atom stereocenters. The highest BCUT2D eigenvalue weighted by Gasteiger charge is 2.38. The van der Waals surface area contributed by atoms with Crippen LogP contribution in [0.15, 0.2) is 30.3 Å². The lowest BCUT2D eigenvalue weighted by atomic mass is 9.79. The van der Waals surface area contributed by atoms with Crippen molar-refractivity contribution < 1.29 is 13.6 Å². The van der Waals surface area contributed by atoms with Gasteiger partial charge in [0, 0.05) is 28.7 Å². The lowest BCUT2D eigenvalue weighted by Gasteiger charge is -2.46. The van der Waals surface area contributed by atoms with E-state index in [-0.39, 0.29) is 45.0 Å². The molecular weight excluding hydrogens is 422 g/mol. The lowest BCUT2D eigenvalue weighted by molar-refractivity contribution is 0.0872. The van der Waals surface area contributed by atoms with Crippen molar-refractivity contribution in [1.29, 1.82) is 0 Å². The molecule has 0 spiro atoms. The number of hydrogen-bond acceptors (Lipinski definition) is 3. The number of piperidine rings is 1. The van der Waals surface area contributed by atoms with Crippen LogP contribution in [0, 0.1) is 11.6 Å². The SMILES string of the molecule is CC1(C)CC(NC(=O)c2ccc(-c3nc4cc(Cl)c(F)cc4[nH]3)c(F)c2)CC(C)(C)N1. The smallest absolute Gasteiger partial charge is 0.251 e. The van der Waals surface area contributed by atoms with Gasteiger partial charge in [0.05, 0.1) is 21.6 Å². The van der Waals surface area contributed by atoms with Gasteiger partial charge in [-0.15, -0.1) is 0 Å². The summed E-state index contributed by atoms with van der Waals surface area (Å²) in [5, 5.41) is 6.56. The van der Waals surface area contributed by atoms with Crippen LogP contribution in [0.4, 0.5) is 8.78 Å². The number of carbonyl (C=O) groups is 1. The molecule has 0 aliphatic carbocycles. The normalized spacial score (nSPS) is 18.3. The minimum Gasteiger partial charge on any atom is -0.349 e. The number of nitrogens with one attached hydrogen (secondary N) is 3. The van der Waals surface area contributed by atoms with Crippen molar-refractivity contribution in [3.8, 4) is 11.4 Å². The van der Waals surface area contributed by atoms with Crippen LogP contribution in [0.25, 0.3) is 22.4 Å². The first kappa shape index (κ1) is 21.7. The molecule has 0 unspecified atom stereocenters. The zero-order valence-electron chi connectivity index (χ0n) is 17.9. The average Bonchev–Trinajstić information content (AvgIpc) is 3.01. The Balaban J connectivity index is 1.55. The third-order valence-electron chi connectivity index (χ3n) is 5.54. The van der Waals surface area contributed by atoms with E-state index in [2.05, 4.69) is 48.3 Å². The summed E-state index contributed by atoms with van der Waals surface area (Å²) in [7, 11) is 0. The van der Waals surface area contributed by atoms with Crippen molar-refractivity contribution in [1.82, 2.24) is 20.6 Å². The molecule has 4 rings (SSSR count). The first-order valence-electron chi connectivity index (χ1n) is 10.2. The van der Waals surface area contributed by atoms with Gasteiger partial charge in [-0.05, 0) is 64.8 Å². The van der Waals surface area contributed by atoms with Gasteiger partial charge in [-0.3, -0.25) is 4.79 Å². The fourth-order valence-electron chi connectivity index (χ4n) is 4.67. The van der Waals surface area contributed by atoms with E-state index in [1.165, 1.54) is 24.3 Å². The monoisotopic (exact) mass is 446 g/mol. The highest BCUT2D eigenvalue weighted by molar-refractivity contribution is 6.31. The molecule has 5 nitrogen and oxygen atoms in total. The average molecular weight is 447 g/mol. The Hall–Kier alpha value is -2.51. The molecule has 1 aromatic heterocycles. The van der Waals surface area contributed by atoms with E-state index in [1.54, 1.807) is 6.07 Å². The molecule has 2 heterocycles. The van der Waals surface area contributed by atoms with E-state index in [4.69, 9.17) is 11.6 Å².